The number of nitrogens with one attached hydrogen (secondary N) is 1. The first-order chi connectivity index (χ1) is 11.8. The lowest BCUT2D eigenvalue weighted by atomic mass is 9.78. The number of carbonyl (C=O) groups excluding carboxylic acids is 1. The zero-order chi connectivity index (χ0) is 18.4. The fourth-order valence-corrected chi connectivity index (χ4v) is 3.73. The maximum Gasteiger partial charge on any atom is 0.395 e. The van der Waals surface area contributed by atoms with Gasteiger partial charge in [-0.15, -0.1) is 0 Å². The second-order valence-corrected chi connectivity index (χ2v) is 6.26. The Morgan fingerprint density at radius 1 is 1.24 bits per heavy atom. The third-order valence-corrected chi connectivity index (χ3v) is 4.91. The Labute approximate surface area is 142 Å². The van der Waals surface area contributed by atoms with E-state index in [1.807, 2.05) is 12.1 Å². The minimum absolute atomic E-state index is 0.0943. The molecule has 4 atom stereocenters. The quantitative estimate of drug-likeness (QED) is 0.889. The van der Waals surface area contributed by atoms with Gasteiger partial charge in [0.15, 0.2) is 0 Å². The number of fused-ring (bicyclic) bond motifs is 2. The molecule has 1 aromatic rings. The first-order valence-electron chi connectivity index (χ1n) is 7.74. The third-order valence-electron chi connectivity index (χ3n) is 4.91. The molecule has 1 aromatic carbocycles. The summed E-state index contributed by atoms with van der Waals surface area (Å²) in [6.07, 6.45) is -5.51. The van der Waals surface area contributed by atoms with E-state index >= 15 is 0 Å². The van der Waals surface area contributed by atoms with E-state index in [0.29, 0.717) is 18.4 Å². The molecule has 0 saturated carbocycles. The van der Waals surface area contributed by atoms with Gasteiger partial charge in [0.05, 0.1) is 35.2 Å². The number of rotatable bonds is 2. The number of carbonyl (C=O) groups is 1. The van der Waals surface area contributed by atoms with E-state index < -0.39 is 36.1 Å². The number of nitriles is 2. The molecule has 2 heterocycles. The fraction of sp³-hybridized carbons (Fsp3) is 0.471. The average molecular weight is 349 g/mol. The van der Waals surface area contributed by atoms with E-state index in [-0.39, 0.29) is 16.8 Å². The monoisotopic (exact) mass is 349 g/mol. The second-order valence-electron chi connectivity index (χ2n) is 6.26. The van der Waals surface area contributed by atoms with Crippen LogP contribution in [0.15, 0.2) is 12.1 Å². The first-order valence-corrected chi connectivity index (χ1v) is 7.74. The Bertz CT molecular complexity index is 807. The van der Waals surface area contributed by atoms with Crippen LogP contribution >= 0.6 is 0 Å². The van der Waals surface area contributed by atoms with Crippen LogP contribution in [0.25, 0.3) is 0 Å². The van der Waals surface area contributed by atoms with Crippen LogP contribution in [-0.2, 0) is 9.53 Å². The Balaban J connectivity index is 1.88. The van der Waals surface area contributed by atoms with Crippen LogP contribution in [0.1, 0.15) is 29.5 Å². The predicted molar refractivity (Wildman–Crippen MR) is 80.2 cm³/mol. The Hall–Kier alpha value is -2.58. The molecular weight excluding hydrogens is 335 g/mol. The lowest BCUT2D eigenvalue weighted by Gasteiger charge is -2.29. The number of anilines is 1. The van der Waals surface area contributed by atoms with Crippen molar-refractivity contribution >= 4 is 11.6 Å². The maximum atomic E-state index is 13.3. The van der Waals surface area contributed by atoms with Crippen molar-refractivity contribution < 1.29 is 22.7 Å². The van der Waals surface area contributed by atoms with Gasteiger partial charge < -0.3 is 10.1 Å². The average Bonchev–Trinajstić information content (AvgIpc) is 3.16. The number of halogens is 3. The van der Waals surface area contributed by atoms with Crippen LogP contribution in [0.3, 0.4) is 0 Å². The fourth-order valence-electron chi connectivity index (χ4n) is 3.73. The van der Waals surface area contributed by atoms with Crippen molar-refractivity contribution in [2.45, 2.75) is 38.1 Å². The highest BCUT2D eigenvalue weighted by Crippen LogP contribution is 2.50. The summed E-state index contributed by atoms with van der Waals surface area (Å²) in [6.45, 7) is 1.54. The van der Waals surface area contributed by atoms with Gasteiger partial charge in [-0.1, -0.05) is 0 Å². The summed E-state index contributed by atoms with van der Waals surface area (Å²) in [5.41, 5.74) is 0.818. The van der Waals surface area contributed by atoms with Crippen LogP contribution in [0.2, 0.25) is 0 Å². The number of amides is 1. The first kappa shape index (κ1) is 17.2. The van der Waals surface area contributed by atoms with E-state index in [0.717, 1.165) is 0 Å². The lowest BCUT2D eigenvalue weighted by Crippen LogP contribution is -2.44. The van der Waals surface area contributed by atoms with Crippen molar-refractivity contribution in [2.24, 2.45) is 11.8 Å². The van der Waals surface area contributed by atoms with Crippen molar-refractivity contribution in [2.75, 3.05) is 5.32 Å². The van der Waals surface area contributed by atoms with Gasteiger partial charge in [0.25, 0.3) is 0 Å². The highest BCUT2D eigenvalue weighted by Gasteiger charge is 2.62. The molecule has 1 N–H and O–H groups in total. The summed E-state index contributed by atoms with van der Waals surface area (Å²) in [7, 11) is 0. The summed E-state index contributed by atoms with van der Waals surface area (Å²) in [6, 6.07) is 6.53. The third kappa shape index (κ3) is 2.83. The largest absolute Gasteiger partial charge is 0.395 e. The van der Waals surface area contributed by atoms with Crippen molar-refractivity contribution in [1.29, 1.82) is 10.5 Å². The molecule has 0 spiro atoms. The lowest BCUT2D eigenvalue weighted by molar-refractivity contribution is -0.196. The number of ether oxygens (including phenoxy) is 1. The zero-order valence-electron chi connectivity index (χ0n) is 13.2. The molecule has 0 aliphatic carbocycles. The minimum Gasteiger partial charge on any atom is -0.373 e. The molecule has 2 aliphatic heterocycles. The predicted octanol–water partition coefficient (Wildman–Crippen LogP) is 3.03. The molecule has 8 heteroatoms. The maximum absolute atomic E-state index is 13.3. The molecule has 3 rings (SSSR count). The normalized spacial score (nSPS) is 27.6. The highest BCUT2D eigenvalue weighted by atomic mass is 19.4. The van der Waals surface area contributed by atoms with Crippen molar-refractivity contribution in [1.82, 2.24) is 0 Å². The van der Waals surface area contributed by atoms with Crippen LogP contribution < -0.4 is 5.32 Å². The smallest absolute Gasteiger partial charge is 0.373 e. The topological polar surface area (TPSA) is 85.9 Å². The van der Waals surface area contributed by atoms with Crippen molar-refractivity contribution in [3.05, 3.63) is 28.8 Å². The molecule has 1 amide bonds. The molecule has 5 nitrogen and oxygen atoms in total. The van der Waals surface area contributed by atoms with Gasteiger partial charge in [-0.25, -0.2) is 0 Å². The molecule has 2 saturated heterocycles. The van der Waals surface area contributed by atoms with Gasteiger partial charge in [0.1, 0.15) is 12.1 Å². The van der Waals surface area contributed by atoms with Crippen LogP contribution in [0.4, 0.5) is 18.9 Å². The van der Waals surface area contributed by atoms with Gasteiger partial charge in [-0.2, -0.15) is 23.7 Å². The number of hydrogen-bond donors (Lipinski definition) is 1. The molecule has 2 fully saturated rings. The van der Waals surface area contributed by atoms with E-state index in [1.54, 1.807) is 0 Å². The van der Waals surface area contributed by atoms with Crippen LogP contribution in [0, 0.1) is 41.4 Å². The van der Waals surface area contributed by atoms with Crippen molar-refractivity contribution in [3.63, 3.8) is 0 Å². The van der Waals surface area contributed by atoms with Crippen LogP contribution in [-0.4, -0.2) is 24.3 Å². The summed E-state index contributed by atoms with van der Waals surface area (Å²) in [5, 5.41) is 20.6. The number of hydrogen-bond acceptors (Lipinski definition) is 4. The molecule has 0 radical (unpaired) electrons. The van der Waals surface area contributed by atoms with Gasteiger partial charge >= 0.3 is 6.18 Å². The Morgan fingerprint density at radius 3 is 2.52 bits per heavy atom. The van der Waals surface area contributed by atoms with Gasteiger partial charge in [0, 0.05) is 5.69 Å². The molecule has 2 aliphatic rings. The number of nitrogens with zero attached hydrogens (tertiary/aromatic N) is 2. The van der Waals surface area contributed by atoms with Crippen LogP contribution in [0.5, 0.6) is 0 Å². The summed E-state index contributed by atoms with van der Waals surface area (Å²) < 4.78 is 45.3. The Kier molecular flexibility index (Phi) is 4.18. The zero-order valence-corrected chi connectivity index (χ0v) is 13.2. The Morgan fingerprint density at radius 2 is 1.92 bits per heavy atom. The highest BCUT2D eigenvalue weighted by molar-refractivity contribution is 5.94. The van der Waals surface area contributed by atoms with Gasteiger partial charge in [-0.3, -0.25) is 4.79 Å². The molecular formula is C17H14F3N3O2. The van der Waals surface area contributed by atoms with Gasteiger partial charge in [-0.05, 0) is 37.5 Å². The molecule has 130 valence electrons. The number of benzene rings is 1. The minimum atomic E-state index is -4.51. The molecule has 2 bridgehead atoms. The van der Waals surface area contributed by atoms with E-state index in [2.05, 4.69) is 5.32 Å². The van der Waals surface area contributed by atoms with E-state index in [1.165, 1.54) is 19.1 Å². The summed E-state index contributed by atoms with van der Waals surface area (Å²) >= 11 is 0. The SMILES string of the molecule is Cc1c(NC(=O)[C@@H]2[C@H](C(F)(F)F)[C@H]3CC[C@H]2O3)ccc(C#N)c1C#N. The molecule has 0 aromatic heterocycles. The standard InChI is InChI=1S/C17H14F3N3O2/c1-8-10(7-22)9(6-21)2-3-11(8)23-16(24)14-12-4-5-13(25-12)15(14)17(18,19)20/h2-3,12-15H,4-5H2,1H3,(H,23,24)/t12-,13-,14+,15-/m1/s1. The molecule has 25 heavy (non-hydrogen) atoms. The molecule has 0 unspecified atom stereocenters. The van der Waals surface area contributed by atoms with E-state index in [4.69, 9.17) is 15.3 Å². The van der Waals surface area contributed by atoms with Crippen molar-refractivity contribution in [3.8, 4) is 12.1 Å². The van der Waals surface area contributed by atoms with E-state index in [9.17, 15) is 18.0 Å². The second kappa shape index (κ2) is 6.05. The number of alkyl halides is 3. The summed E-state index contributed by atoms with van der Waals surface area (Å²) in [5.74, 6) is -3.90. The van der Waals surface area contributed by atoms with Gasteiger partial charge in [0.2, 0.25) is 5.91 Å². The summed E-state index contributed by atoms with van der Waals surface area (Å²) in [4.78, 5) is 12.5.